The molecule has 0 radical (unpaired) electrons. The van der Waals surface area contributed by atoms with Gasteiger partial charge in [-0.25, -0.2) is 9.89 Å². The minimum Gasteiger partial charge on any atom is -0.399 e. The van der Waals surface area contributed by atoms with Crippen molar-refractivity contribution in [2.24, 2.45) is 0 Å². The van der Waals surface area contributed by atoms with E-state index in [9.17, 15) is 4.79 Å². The average molecular weight is 305 g/mol. The van der Waals surface area contributed by atoms with Crippen LogP contribution in [0.3, 0.4) is 0 Å². The van der Waals surface area contributed by atoms with Gasteiger partial charge in [0.2, 0.25) is 0 Å². The topological polar surface area (TPSA) is 76.7 Å². The number of hydrogen-bond acceptors (Lipinski definition) is 4. The summed E-state index contributed by atoms with van der Waals surface area (Å²) in [5, 5.41) is 7.69. The summed E-state index contributed by atoms with van der Waals surface area (Å²) in [7, 11) is 0. The molecule has 18 heavy (non-hydrogen) atoms. The van der Waals surface area contributed by atoms with Gasteiger partial charge in [0.25, 0.3) is 0 Å². The number of rotatable bonds is 3. The number of hydrogen-bond donors (Lipinski definition) is 2. The van der Waals surface area contributed by atoms with E-state index < -0.39 is 0 Å². The summed E-state index contributed by atoms with van der Waals surface area (Å²) in [6.45, 7) is 2.37. The Labute approximate surface area is 117 Å². The van der Waals surface area contributed by atoms with Crippen LogP contribution in [0.15, 0.2) is 27.0 Å². The summed E-state index contributed by atoms with van der Waals surface area (Å²) in [5.41, 5.74) is 5.86. The third kappa shape index (κ3) is 2.50. The molecule has 0 bridgehead atoms. The summed E-state index contributed by atoms with van der Waals surface area (Å²) in [4.78, 5) is 12.1. The minimum absolute atomic E-state index is 0.261. The molecule has 2 rings (SSSR count). The lowest BCUT2D eigenvalue weighted by atomic mass is 10.3. The van der Waals surface area contributed by atoms with Crippen LogP contribution >= 0.6 is 35.0 Å². The van der Waals surface area contributed by atoms with Gasteiger partial charge in [-0.05, 0) is 30.8 Å². The van der Waals surface area contributed by atoms with E-state index in [0.717, 1.165) is 0 Å². The molecule has 0 saturated heterocycles. The fourth-order valence-electron chi connectivity index (χ4n) is 1.43. The first-order valence-electron chi connectivity index (χ1n) is 5.10. The summed E-state index contributed by atoms with van der Waals surface area (Å²) in [5.74, 6) is 0. The molecule has 1 aromatic heterocycles. The molecule has 0 aliphatic rings. The quantitative estimate of drug-likeness (QED) is 0.855. The van der Waals surface area contributed by atoms with Gasteiger partial charge in [0, 0.05) is 12.2 Å². The molecule has 0 saturated carbocycles. The molecule has 0 fully saturated rings. The monoisotopic (exact) mass is 304 g/mol. The molecule has 0 atom stereocenters. The van der Waals surface area contributed by atoms with Gasteiger partial charge in [0.15, 0.2) is 5.16 Å². The van der Waals surface area contributed by atoms with Gasteiger partial charge in [-0.2, -0.15) is 0 Å². The second-order valence-electron chi connectivity index (χ2n) is 3.47. The first kappa shape index (κ1) is 13.3. The fourth-order valence-corrected chi connectivity index (χ4v) is 3.07. The van der Waals surface area contributed by atoms with Crippen molar-refractivity contribution < 1.29 is 0 Å². The van der Waals surface area contributed by atoms with Crippen molar-refractivity contribution in [3.8, 4) is 0 Å². The van der Waals surface area contributed by atoms with Gasteiger partial charge in [-0.1, -0.05) is 23.2 Å². The van der Waals surface area contributed by atoms with E-state index in [1.54, 1.807) is 12.1 Å². The Kier molecular flexibility index (Phi) is 3.89. The van der Waals surface area contributed by atoms with Gasteiger partial charge >= 0.3 is 5.69 Å². The predicted octanol–water partition coefficient (Wildman–Crippen LogP) is 2.63. The van der Waals surface area contributed by atoms with Gasteiger partial charge in [0.05, 0.1) is 14.9 Å². The standard InChI is InChI=1S/C10H10Cl2N4OS/c1-2-16-9(17)14-15-10(16)18-8-6(11)3-5(13)4-7(8)12/h3-4H,2,13H2,1H3,(H,14,17). The van der Waals surface area contributed by atoms with Crippen molar-refractivity contribution in [1.29, 1.82) is 0 Å². The zero-order valence-corrected chi connectivity index (χ0v) is 11.7. The molecule has 5 nitrogen and oxygen atoms in total. The van der Waals surface area contributed by atoms with E-state index >= 15 is 0 Å². The van der Waals surface area contributed by atoms with Crippen LogP contribution in [0.1, 0.15) is 6.92 Å². The van der Waals surface area contributed by atoms with Gasteiger partial charge < -0.3 is 5.73 Å². The third-order valence-corrected chi connectivity index (χ3v) is 4.21. The highest BCUT2D eigenvalue weighted by atomic mass is 35.5. The maximum Gasteiger partial charge on any atom is 0.343 e. The predicted molar refractivity (Wildman–Crippen MR) is 73.5 cm³/mol. The number of aromatic nitrogens is 3. The van der Waals surface area contributed by atoms with Crippen LogP contribution < -0.4 is 11.4 Å². The average Bonchev–Trinajstić information content (AvgIpc) is 2.64. The Morgan fingerprint density at radius 2 is 2.06 bits per heavy atom. The first-order valence-corrected chi connectivity index (χ1v) is 6.67. The lowest BCUT2D eigenvalue weighted by molar-refractivity contribution is 0.660. The molecule has 0 aliphatic carbocycles. The summed E-state index contributed by atoms with van der Waals surface area (Å²) in [6, 6.07) is 3.22. The van der Waals surface area contributed by atoms with Crippen LogP contribution in [0.5, 0.6) is 0 Å². The largest absolute Gasteiger partial charge is 0.399 e. The van der Waals surface area contributed by atoms with E-state index in [4.69, 9.17) is 28.9 Å². The number of nitrogens with two attached hydrogens (primary N) is 1. The van der Waals surface area contributed by atoms with Crippen LogP contribution in [0.4, 0.5) is 5.69 Å². The van der Waals surface area contributed by atoms with E-state index in [1.165, 1.54) is 16.3 Å². The number of anilines is 1. The van der Waals surface area contributed by atoms with Crippen molar-refractivity contribution in [1.82, 2.24) is 14.8 Å². The van der Waals surface area contributed by atoms with E-state index in [2.05, 4.69) is 10.2 Å². The summed E-state index contributed by atoms with van der Waals surface area (Å²) in [6.07, 6.45) is 0. The normalized spacial score (nSPS) is 10.8. The van der Waals surface area contributed by atoms with Crippen molar-refractivity contribution >= 4 is 40.7 Å². The lowest BCUT2D eigenvalue weighted by Gasteiger charge is -2.07. The molecule has 8 heteroatoms. The highest BCUT2D eigenvalue weighted by Crippen LogP contribution is 2.38. The highest BCUT2D eigenvalue weighted by Gasteiger charge is 2.14. The van der Waals surface area contributed by atoms with E-state index in [-0.39, 0.29) is 5.69 Å². The Morgan fingerprint density at radius 1 is 1.44 bits per heavy atom. The van der Waals surface area contributed by atoms with E-state index in [1.807, 2.05) is 6.92 Å². The summed E-state index contributed by atoms with van der Waals surface area (Å²) >= 11 is 13.4. The van der Waals surface area contributed by atoms with Gasteiger partial charge in [0.1, 0.15) is 0 Å². The third-order valence-electron chi connectivity index (χ3n) is 2.25. The Morgan fingerprint density at radius 3 is 2.61 bits per heavy atom. The first-order chi connectivity index (χ1) is 8.52. The van der Waals surface area contributed by atoms with Crippen LogP contribution in [0.2, 0.25) is 10.0 Å². The number of H-pyrrole nitrogens is 1. The molecule has 0 spiro atoms. The van der Waals surface area contributed by atoms with Gasteiger partial charge in [-0.3, -0.25) is 4.57 Å². The molecule has 0 unspecified atom stereocenters. The summed E-state index contributed by atoms with van der Waals surface area (Å²) < 4.78 is 1.49. The molecule has 0 aliphatic heterocycles. The van der Waals surface area contributed by atoms with Crippen LogP contribution in [0, 0.1) is 0 Å². The number of nitrogen functional groups attached to an aromatic ring is 1. The fraction of sp³-hybridized carbons (Fsp3) is 0.200. The molecule has 0 amide bonds. The molecular formula is C10H10Cl2N4OS. The van der Waals surface area contributed by atoms with Crippen molar-refractivity contribution in [3.05, 3.63) is 32.7 Å². The molecule has 1 aromatic carbocycles. The molecule has 2 aromatic rings. The Balaban J connectivity index is 2.43. The number of nitrogens with zero attached hydrogens (tertiary/aromatic N) is 2. The smallest absolute Gasteiger partial charge is 0.343 e. The second-order valence-corrected chi connectivity index (χ2v) is 5.26. The molecular weight excluding hydrogens is 295 g/mol. The minimum atomic E-state index is -0.261. The second kappa shape index (κ2) is 5.26. The van der Waals surface area contributed by atoms with E-state index in [0.29, 0.717) is 32.3 Å². The Hall–Kier alpha value is -1.11. The number of halogens is 2. The van der Waals surface area contributed by atoms with Crippen molar-refractivity contribution in [2.75, 3.05) is 5.73 Å². The molecule has 3 N–H and O–H groups in total. The maximum absolute atomic E-state index is 11.4. The Bertz CT molecular complexity index is 614. The number of aromatic amines is 1. The maximum atomic E-state index is 11.4. The lowest BCUT2D eigenvalue weighted by Crippen LogP contribution is -2.16. The SMILES string of the molecule is CCn1c(Sc2c(Cl)cc(N)cc2Cl)n[nH]c1=O. The molecule has 1 heterocycles. The highest BCUT2D eigenvalue weighted by molar-refractivity contribution is 7.99. The van der Waals surface area contributed by atoms with Crippen molar-refractivity contribution in [3.63, 3.8) is 0 Å². The van der Waals surface area contributed by atoms with Crippen molar-refractivity contribution in [2.45, 2.75) is 23.5 Å². The molecule has 96 valence electrons. The van der Waals surface area contributed by atoms with Crippen LogP contribution in [-0.4, -0.2) is 14.8 Å². The van der Waals surface area contributed by atoms with Crippen LogP contribution in [0.25, 0.3) is 0 Å². The zero-order valence-electron chi connectivity index (χ0n) is 9.41. The van der Waals surface area contributed by atoms with Crippen LogP contribution in [-0.2, 0) is 6.54 Å². The number of benzene rings is 1. The number of nitrogens with one attached hydrogen (secondary N) is 1. The zero-order chi connectivity index (χ0) is 13.3. The van der Waals surface area contributed by atoms with Gasteiger partial charge in [-0.15, -0.1) is 5.10 Å².